The number of rotatable bonds is 9. The van der Waals surface area contributed by atoms with Crippen molar-refractivity contribution in [1.82, 2.24) is 4.90 Å². The Labute approximate surface area is 128 Å². The average molecular weight is 293 g/mol. The molecule has 0 radical (unpaired) electrons. The van der Waals surface area contributed by atoms with E-state index in [1.165, 1.54) is 7.11 Å². The van der Waals surface area contributed by atoms with E-state index in [-0.39, 0.29) is 11.9 Å². The van der Waals surface area contributed by atoms with E-state index < -0.39 is 0 Å². The molecule has 0 aromatic heterocycles. The van der Waals surface area contributed by atoms with E-state index >= 15 is 0 Å². The third kappa shape index (κ3) is 5.48. The van der Waals surface area contributed by atoms with Crippen molar-refractivity contribution in [3.63, 3.8) is 0 Å². The van der Waals surface area contributed by atoms with Gasteiger partial charge in [-0.15, -0.1) is 0 Å². The first-order valence-corrected chi connectivity index (χ1v) is 7.49. The van der Waals surface area contributed by atoms with Crippen LogP contribution < -0.4 is 0 Å². The van der Waals surface area contributed by atoms with Gasteiger partial charge in [-0.1, -0.05) is 37.3 Å². The van der Waals surface area contributed by atoms with E-state index in [2.05, 4.69) is 18.7 Å². The van der Waals surface area contributed by atoms with E-state index in [0.717, 1.165) is 18.5 Å². The minimum absolute atomic E-state index is 0.188. The van der Waals surface area contributed by atoms with Crippen LogP contribution in [0.4, 0.5) is 0 Å². The van der Waals surface area contributed by atoms with Gasteiger partial charge in [-0.3, -0.25) is 9.69 Å². The Kier molecular flexibility index (Phi) is 8.01. The number of hydrogen-bond acceptors (Lipinski definition) is 4. The van der Waals surface area contributed by atoms with Crippen molar-refractivity contribution in [2.75, 3.05) is 33.9 Å². The number of carbonyl (C=O) groups excluding carboxylic acids is 1. The van der Waals surface area contributed by atoms with Gasteiger partial charge in [-0.25, -0.2) is 0 Å². The Hall–Kier alpha value is -1.39. The van der Waals surface area contributed by atoms with Crippen LogP contribution >= 0.6 is 0 Å². The zero-order valence-corrected chi connectivity index (χ0v) is 13.5. The molecule has 21 heavy (non-hydrogen) atoms. The highest BCUT2D eigenvalue weighted by Gasteiger charge is 2.25. The number of benzene rings is 1. The Morgan fingerprint density at radius 1 is 1.24 bits per heavy atom. The average Bonchev–Trinajstić information content (AvgIpc) is 2.54. The van der Waals surface area contributed by atoms with Crippen LogP contribution in [0.5, 0.6) is 0 Å². The van der Waals surface area contributed by atoms with Crippen LogP contribution in [0.3, 0.4) is 0 Å². The summed E-state index contributed by atoms with van der Waals surface area (Å²) in [4.78, 5) is 14.4. The van der Waals surface area contributed by atoms with Crippen LogP contribution in [0.25, 0.3) is 0 Å². The summed E-state index contributed by atoms with van der Waals surface area (Å²) in [5.74, 6) is -0.450. The Morgan fingerprint density at radius 3 is 2.43 bits per heavy atom. The summed E-state index contributed by atoms with van der Waals surface area (Å²) in [6.07, 6.45) is 1.03. The number of ether oxygens (including phenoxy) is 2. The maximum absolute atomic E-state index is 12.2. The molecule has 0 fully saturated rings. The molecular formula is C17H27NO3. The largest absolute Gasteiger partial charge is 0.469 e. The molecule has 0 saturated heterocycles. The van der Waals surface area contributed by atoms with Gasteiger partial charge in [0.2, 0.25) is 0 Å². The van der Waals surface area contributed by atoms with Crippen LogP contribution in [-0.4, -0.2) is 50.8 Å². The van der Waals surface area contributed by atoms with Gasteiger partial charge in [-0.2, -0.15) is 0 Å². The maximum atomic E-state index is 12.2. The summed E-state index contributed by atoms with van der Waals surface area (Å²) in [6, 6.07) is 10.2. The van der Waals surface area contributed by atoms with Gasteiger partial charge in [-0.05, 0) is 18.9 Å². The van der Waals surface area contributed by atoms with Crippen molar-refractivity contribution < 1.29 is 14.3 Å². The van der Waals surface area contributed by atoms with Gasteiger partial charge in [0.1, 0.15) is 0 Å². The molecule has 0 aliphatic rings. The molecule has 1 rings (SSSR count). The SMILES string of the molecule is CCC(C)N(CCOC)CC(C(=O)OC)c1ccccc1. The van der Waals surface area contributed by atoms with Crippen molar-refractivity contribution in [1.29, 1.82) is 0 Å². The second-order valence-electron chi connectivity index (χ2n) is 5.23. The number of esters is 1. The van der Waals surface area contributed by atoms with E-state index in [4.69, 9.17) is 9.47 Å². The van der Waals surface area contributed by atoms with Crippen LogP contribution in [0.2, 0.25) is 0 Å². The molecule has 0 aliphatic carbocycles. The zero-order chi connectivity index (χ0) is 15.7. The van der Waals surface area contributed by atoms with E-state index in [1.807, 2.05) is 30.3 Å². The highest BCUT2D eigenvalue weighted by atomic mass is 16.5. The maximum Gasteiger partial charge on any atom is 0.314 e. The first-order chi connectivity index (χ1) is 10.1. The van der Waals surface area contributed by atoms with Crippen LogP contribution in [0.15, 0.2) is 30.3 Å². The summed E-state index contributed by atoms with van der Waals surface area (Å²) in [5, 5.41) is 0. The van der Waals surface area contributed by atoms with Crippen molar-refractivity contribution in [3.05, 3.63) is 35.9 Å². The predicted molar refractivity (Wildman–Crippen MR) is 84.4 cm³/mol. The van der Waals surface area contributed by atoms with Gasteiger partial charge in [0.05, 0.1) is 19.6 Å². The predicted octanol–water partition coefficient (Wildman–Crippen LogP) is 2.69. The highest BCUT2D eigenvalue weighted by Crippen LogP contribution is 2.20. The Morgan fingerprint density at radius 2 is 1.90 bits per heavy atom. The Balaban J connectivity index is 2.89. The normalized spacial score (nSPS) is 14.0. The fraction of sp³-hybridized carbons (Fsp3) is 0.588. The minimum atomic E-state index is -0.262. The topological polar surface area (TPSA) is 38.8 Å². The number of hydrogen-bond donors (Lipinski definition) is 0. The van der Waals surface area contributed by atoms with Crippen molar-refractivity contribution in [2.24, 2.45) is 0 Å². The van der Waals surface area contributed by atoms with E-state index in [9.17, 15) is 4.79 Å². The second kappa shape index (κ2) is 9.53. The third-order valence-corrected chi connectivity index (χ3v) is 3.90. The molecule has 0 bridgehead atoms. The first kappa shape index (κ1) is 17.7. The van der Waals surface area contributed by atoms with Crippen molar-refractivity contribution in [3.8, 4) is 0 Å². The fourth-order valence-electron chi connectivity index (χ4n) is 2.34. The quantitative estimate of drug-likeness (QED) is 0.656. The van der Waals surface area contributed by atoms with Gasteiger partial charge in [0.15, 0.2) is 0 Å². The molecular weight excluding hydrogens is 266 g/mol. The van der Waals surface area contributed by atoms with Crippen molar-refractivity contribution in [2.45, 2.75) is 32.2 Å². The molecule has 0 spiro atoms. The molecule has 2 unspecified atom stereocenters. The fourth-order valence-corrected chi connectivity index (χ4v) is 2.34. The smallest absolute Gasteiger partial charge is 0.314 e. The van der Waals surface area contributed by atoms with E-state index in [1.54, 1.807) is 7.11 Å². The lowest BCUT2D eigenvalue weighted by Crippen LogP contribution is -2.40. The van der Waals surface area contributed by atoms with Crippen LogP contribution in [0.1, 0.15) is 31.7 Å². The lowest BCUT2D eigenvalue weighted by atomic mass is 9.97. The molecule has 0 aliphatic heterocycles. The lowest BCUT2D eigenvalue weighted by molar-refractivity contribution is -0.143. The molecule has 0 N–H and O–H groups in total. The minimum Gasteiger partial charge on any atom is -0.469 e. The van der Waals surface area contributed by atoms with Gasteiger partial charge in [0.25, 0.3) is 0 Å². The molecule has 2 atom stereocenters. The number of methoxy groups -OCH3 is 2. The summed E-state index contributed by atoms with van der Waals surface area (Å²) in [5.41, 5.74) is 0.995. The summed E-state index contributed by atoms with van der Waals surface area (Å²) in [6.45, 7) is 6.45. The lowest BCUT2D eigenvalue weighted by Gasteiger charge is -2.31. The van der Waals surface area contributed by atoms with Crippen LogP contribution in [-0.2, 0) is 14.3 Å². The van der Waals surface area contributed by atoms with Crippen molar-refractivity contribution >= 4 is 5.97 Å². The molecule has 1 aromatic rings. The highest BCUT2D eigenvalue weighted by molar-refractivity contribution is 5.78. The first-order valence-electron chi connectivity index (χ1n) is 7.49. The monoisotopic (exact) mass is 293 g/mol. The van der Waals surface area contributed by atoms with E-state index in [0.29, 0.717) is 19.2 Å². The molecule has 4 nitrogen and oxygen atoms in total. The van der Waals surface area contributed by atoms with Gasteiger partial charge < -0.3 is 9.47 Å². The molecule has 118 valence electrons. The molecule has 4 heteroatoms. The standard InChI is InChI=1S/C17H27NO3/c1-5-14(2)18(11-12-20-3)13-16(17(19)21-4)15-9-7-6-8-10-15/h6-10,14,16H,5,11-13H2,1-4H3. The second-order valence-corrected chi connectivity index (χ2v) is 5.23. The molecule has 0 amide bonds. The molecule has 0 heterocycles. The number of nitrogens with zero attached hydrogens (tertiary/aromatic N) is 1. The molecule has 1 aromatic carbocycles. The summed E-state index contributed by atoms with van der Waals surface area (Å²) in [7, 11) is 3.14. The number of carbonyl (C=O) groups is 1. The molecule has 0 saturated carbocycles. The van der Waals surface area contributed by atoms with Gasteiger partial charge in [0, 0.05) is 26.2 Å². The van der Waals surface area contributed by atoms with Crippen LogP contribution in [0, 0.1) is 0 Å². The summed E-state index contributed by atoms with van der Waals surface area (Å²) < 4.78 is 10.2. The Bertz CT molecular complexity index is 408. The van der Waals surface area contributed by atoms with Gasteiger partial charge >= 0.3 is 5.97 Å². The zero-order valence-electron chi connectivity index (χ0n) is 13.5. The summed E-state index contributed by atoms with van der Waals surface area (Å²) >= 11 is 0. The third-order valence-electron chi connectivity index (χ3n) is 3.90.